The molecule has 0 amide bonds. The molecule has 1 nitrogen and oxygen atoms in total. The van der Waals surface area contributed by atoms with Gasteiger partial charge in [0.1, 0.15) is 0 Å². The van der Waals surface area contributed by atoms with Crippen LogP contribution >= 0.6 is 11.3 Å². The van der Waals surface area contributed by atoms with Gasteiger partial charge in [-0.05, 0) is 48.3 Å². The van der Waals surface area contributed by atoms with Gasteiger partial charge in [0.25, 0.3) is 0 Å². The summed E-state index contributed by atoms with van der Waals surface area (Å²) in [6.45, 7) is 11.7. The maximum Gasteiger partial charge on any atom is 0.192 e. The summed E-state index contributed by atoms with van der Waals surface area (Å²) in [4.78, 5) is 1.43. The second-order valence-electron chi connectivity index (χ2n) is 6.65. The molecule has 1 aromatic rings. The predicted octanol–water partition coefficient (Wildman–Crippen LogP) is 5.22. The van der Waals surface area contributed by atoms with Crippen molar-refractivity contribution in [2.45, 2.75) is 57.8 Å². The van der Waals surface area contributed by atoms with Crippen LogP contribution in [0.1, 0.15) is 44.6 Å². The Morgan fingerprint density at radius 2 is 2.00 bits per heavy atom. The van der Waals surface area contributed by atoms with E-state index < -0.39 is 8.32 Å². The molecule has 3 heteroatoms. The first-order valence-electron chi connectivity index (χ1n) is 6.52. The van der Waals surface area contributed by atoms with Crippen LogP contribution in [-0.2, 0) is 4.43 Å². The summed E-state index contributed by atoms with van der Waals surface area (Å²) in [5.74, 6) is 0.780. The van der Waals surface area contributed by atoms with E-state index in [-0.39, 0.29) is 0 Å². The van der Waals surface area contributed by atoms with Crippen molar-refractivity contribution < 1.29 is 4.43 Å². The molecule has 1 aliphatic rings. The Hall–Kier alpha value is -0.123. The number of thiophene rings is 1. The summed E-state index contributed by atoms with van der Waals surface area (Å²) in [6.07, 6.45) is 3.06. The summed E-state index contributed by atoms with van der Waals surface area (Å²) in [7, 11) is -1.64. The first kappa shape index (κ1) is 13.3. The summed E-state index contributed by atoms with van der Waals surface area (Å²) >= 11 is 1.85. The molecule has 0 aromatic carbocycles. The molecule has 1 aliphatic carbocycles. The van der Waals surface area contributed by atoms with Crippen LogP contribution in [0.5, 0.6) is 0 Å². The van der Waals surface area contributed by atoms with Gasteiger partial charge in [-0.2, -0.15) is 0 Å². The van der Waals surface area contributed by atoms with Crippen molar-refractivity contribution in [3.8, 4) is 0 Å². The third kappa shape index (κ3) is 3.01. The molecule has 1 heterocycles. The molecule has 1 saturated carbocycles. The minimum atomic E-state index is -1.64. The summed E-state index contributed by atoms with van der Waals surface area (Å²) in [5.41, 5.74) is 0. The van der Waals surface area contributed by atoms with Gasteiger partial charge in [-0.1, -0.05) is 26.8 Å². The average Bonchev–Trinajstić information content (AvgIpc) is 2.88. The smallest absolute Gasteiger partial charge is 0.192 e. The molecule has 0 bridgehead atoms. The normalized spacial score (nSPS) is 19.4. The summed E-state index contributed by atoms with van der Waals surface area (Å²) in [5, 5.41) is 2.47. The van der Waals surface area contributed by atoms with E-state index in [1.54, 1.807) is 0 Å². The fraction of sp³-hybridized carbons (Fsp3) is 0.714. The molecule has 0 radical (unpaired) electrons. The molecular formula is C14H24OSSi. The molecule has 1 atom stereocenters. The van der Waals surface area contributed by atoms with Crippen molar-refractivity contribution in [2.75, 3.05) is 0 Å². The van der Waals surface area contributed by atoms with Crippen LogP contribution in [0.2, 0.25) is 18.1 Å². The Balaban J connectivity index is 2.14. The third-order valence-electron chi connectivity index (χ3n) is 4.10. The fourth-order valence-electron chi connectivity index (χ4n) is 1.73. The average molecular weight is 268 g/mol. The van der Waals surface area contributed by atoms with Crippen LogP contribution in [0.4, 0.5) is 0 Å². The van der Waals surface area contributed by atoms with Gasteiger partial charge in [-0.25, -0.2) is 0 Å². The minimum absolute atomic E-state index is 0.303. The Morgan fingerprint density at radius 3 is 2.41 bits per heavy atom. The van der Waals surface area contributed by atoms with Gasteiger partial charge in [0.2, 0.25) is 0 Å². The lowest BCUT2D eigenvalue weighted by atomic mass is 10.2. The van der Waals surface area contributed by atoms with Crippen LogP contribution in [-0.4, -0.2) is 8.32 Å². The van der Waals surface area contributed by atoms with Crippen molar-refractivity contribution >= 4 is 19.7 Å². The van der Waals surface area contributed by atoms with E-state index in [0.717, 1.165) is 5.92 Å². The van der Waals surface area contributed by atoms with Crippen LogP contribution in [0.25, 0.3) is 0 Å². The number of hydrogen-bond donors (Lipinski definition) is 0. The van der Waals surface area contributed by atoms with Crippen molar-refractivity contribution in [3.05, 3.63) is 22.4 Å². The molecule has 17 heavy (non-hydrogen) atoms. The standard InChI is InChI=1S/C14H24OSSi/c1-14(2,3)17(4,5)15-13(11-8-9-11)12-7-6-10-16-12/h6-7,10-11,13H,8-9H2,1-5H3. The zero-order valence-electron chi connectivity index (χ0n) is 11.6. The highest BCUT2D eigenvalue weighted by Crippen LogP contribution is 2.49. The van der Waals surface area contributed by atoms with Gasteiger partial charge in [-0.15, -0.1) is 11.3 Å². The quantitative estimate of drug-likeness (QED) is 0.680. The lowest BCUT2D eigenvalue weighted by Gasteiger charge is -2.39. The highest BCUT2D eigenvalue weighted by Gasteiger charge is 2.43. The molecule has 0 spiro atoms. The lowest BCUT2D eigenvalue weighted by Crippen LogP contribution is -2.42. The van der Waals surface area contributed by atoms with E-state index in [4.69, 9.17) is 4.43 Å². The van der Waals surface area contributed by atoms with Crippen molar-refractivity contribution in [1.29, 1.82) is 0 Å². The maximum absolute atomic E-state index is 6.62. The zero-order valence-corrected chi connectivity index (χ0v) is 13.4. The molecule has 2 rings (SSSR count). The van der Waals surface area contributed by atoms with E-state index in [2.05, 4.69) is 51.4 Å². The van der Waals surface area contributed by atoms with Crippen molar-refractivity contribution in [3.63, 3.8) is 0 Å². The Bertz CT molecular complexity index is 360. The highest BCUT2D eigenvalue weighted by atomic mass is 32.1. The predicted molar refractivity (Wildman–Crippen MR) is 78.1 cm³/mol. The van der Waals surface area contributed by atoms with Crippen LogP contribution < -0.4 is 0 Å². The van der Waals surface area contributed by atoms with E-state index in [1.807, 2.05) is 11.3 Å². The molecule has 1 unspecified atom stereocenters. The first-order valence-corrected chi connectivity index (χ1v) is 10.3. The topological polar surface area (TPSA) is 9.23 Å². The third-order valence-corrected chi connectivity index (χ3v) is 9.49. The Morgan fingerprint density at radius 1 is 1.35 bits per heavy atom. The first-order chi connectivity index (χ1) is 7.81. The second-order valence-corrected chi connectivity index (χ2v) is 12.4. The fourth-order valence-corrected chi connectivity index (χ4v) is 3.97. The van der Waals surface area contributed by atoms with Gasteiger partial charge in [-0.3, -0.25) is 0 Å². The Kier molecular flexibility index (Phi) is 3.54. The summed E-state index contributed by atoms with van der Waals surface area (Å²) < 4.78 is 6.62. The van der Waals surface area contributed by atoms with Crippen LogP contribution in [0.3, 0.4) is 0 Å². The molecule has 1 aromatic heterocycles. The van der Waals surface area contributed by atoms with Gasteiger partial charge in [0.15, 0.2) is 8.32 Å². The maximum atomic E-state index is 6.62. The van der Waals surface area contributed by atoms with Crippen molar-refractivity contribution in [2.24, 2.45) is 5.92 Å². The van der Waals surface area contributed by atoms with Gasteiger partial charge in [0.05, 0.1) is 6.10 Å². The van der Waals surface area contributed by atoms with E-state index in [1.165, 1.54) is 17.7 Å². The molecule has 0 N–H and O–H groups in total. The highest BCUT2D eigenvalue weighted by molar-refractivity contribution is 7.10. The van der Waals surface area contributed by atoms with E-state index in [0.29, 0.717) is 11.1 Å². The molecule has 0 aliphatic heterocycles. The lowest BCUT2D eigenvalue weighted by molar-refractivity contribution is 0.164. The largest absolute Gasteiger partial charge is 0.409 e. The number of rotatable bonds is 4. The molecular weight excluding hydrogens is 244 g/mol. The summed E-state index contributed by atoms with van der Waals surface area (Å²) in [6, 6.07) is 4.38. The second kappa shape index (κ2) is 4.52. The Labute approximate surface area is 110 Å². The number of hydrogen-bond acceptors (Lipinski definition) is 2. The SMILES string of the molecule is CC(C)(C)[Si](C)(C)OC(c1cccs1)C1CC1. The van der Waals surface area contributed by atoms with Crippen LogP contribution in [0, 0.1) is 5.92 Å². The van der Waals surface area contributed by atoms with Crippen LogP contribution in [0.15, 0.2) is 17.5 Å². The molecule has 1 fully saturated rings. The van der Waals surface area contributed by atoms with Gasteiger partial charge in [0, 0.05) is 4.88 Å². The van der Waals surface area contributed by atoms with E-state index >= 15 is 0 Å². The zero-order chi connectivity index (χ0) is 12.7. The van der Waals surface area contributed by atoms with Gasteiger partial charge >= 0.3 is 0 Å². The van der Waals surface area contributed by atoms with Gasteiger partial charge < -0.3 is 4.43 Å². The molecule has 96 valence electrons. The molecule has 0 saturated heterocycles. The van der Waals surface area contributed by atoms with Crippen molar-refractivity contribution in [1.82, 2.24) is 0 Å². The van der Waals surface area contributed by atoms with E-state index in [9.17, 15) is 0 Å². The minimum Gasteiger partial charge on any atom is -0.409 e. The monoisotopic (exact) mass is 268 g/mol.